The Kier molecular flexibility index (Phi) is 2.12. The third-order valence-corrected chi connectivity index (χ3v) is 4.10. The molecule has 0 radical (unpaired) electrons. The molecule has 0 amide bonds. The summed E-state index contributed by atoms with van der Waals surface area (Å²) < 4.78 is 5.68. The van der Waals surface area contributed by atoms with E-state index in [-0.39, 0.29) is 5.90 Å². The van der Waals surface area contributed by atoms with Gasteiger partial charge in [0.15, 0.2) is 11.6 Å². The molecule has 0 saturated carbocycles. The minimum atomic E-state index is -1.24. The topological polar surface area (TPSA) is 93.0 Å². The molecule has 1 N–H and O–H groups in total. The van der Waals surface area contributed by atoms with E-state index in [4.69, 9.17) is 15.4 Å². The fourth-order valence-electron chi connectivity index (χ4n) is 2.30. The first-order valence-electron chi connectivity index (χ1n) is 4.71. The number of aliphatic imine (C=N–C) groups is 1. The Labute approximate surface area is 101 Å². The van der Waals surface area contributed by atoms with Gasteiger partial charge in [-0.15, -0.1) is 0 Å². The average molecular weight is 281 g/mol. The van der Waals surface area contributed by atoms with Crippen molar-refractivity contribution in [1.82, 2.24) is 0 Å². The van der Waals surface area contributed by atoms with Gasteiger partial charge in [0.25, 0.3) is 0 Å². The number of halogens is 1. The van der Waals surface area contributed by atoms with Crippen molar-refractivity contribution in [3.05, 3.63) is 0 Å². The SMILES string of the molecule is CC1(C)[C@H]2N=C(Br)C(C#N)[C@]1(C#N)C(=N)O2. The number of hydrogen-bond donors (Lipinski definition) is 1. The number of hydrogen-bond acceptors (Lipinski definition) is 5. The highest BCUT2D eigenvalue weighted by Crippen LogP contribution is 2.57. The molecule has 1 fully saturated rings. The van der Waals surface area contributed by atoms with Gasteiger partial charge < -0.3 is 4.74 Å². The van der Waals surface area contributed by atoms with Gasteiger partial charge in [0.2, 0.25) is 5.90 Å². The fourth-order valence-corrected chi connectivity index (χ4v) is 2.94. The molecular weight excluding hydrogens is 272 g/mol. The first-order valence-corrected chi connectivity index (χ1v) is 5.51. The largest absolute Gasteiger partial charge is 0.454 e. The minimum absolute atomic E-state index is 0.158. The van der Waals surface area contributed by atoms with E-state index in [1.54, 1.807) is 13.8 Å². The summed E-state index contributed by atoms with van der Waals surface area (Å²) in [6, 6.07) is 4.14. The predicted molar refractivity (Wildman–Crippen MR) is 59.9 cm³/mol. The minimum Gasteiger partial charge on any atom is -0.454 e. The highest BCUT2D eigenvalue weighted by molar-refractivity contribution is 9.18. The standard InChI is InChI=1S/C10H9BrN4O/c1-9(2)8-15-6(11)5(3-12)10(9,4-13)7(14)16-8/h5,8,14H,1-2H3/t5?,8-,10+/m0/s1. The van der Waals surface area contributed by atoms with Crippen LogP contribution in [0.2, 0.25) is 0 Å². The van der Waals surface area contributed by atoms with Crippen LogP contribution in [0.5, 0.6) is 0 Å². The van der Waals surface area contributed by atoms with Crippen LogP contribution in [0.25, 0.3) is 0 Å². The van der Waals surface area contributed by atoms with Gasteiger partial charge in [0, 0.05) is 0 Å². The number of nitriles is 2. The molecule has 0 aromatic carbocycles. The highest BCUT2D eigenvalue weighted by atomic mass is 79.9. The van der Waals surface area contributed by atoms with Crippen molar-refractivity contribution < 1.29 is 4.74 Å². The molecule has 0 aromatic heterocycles. The van der Waals surface area contributed by atoms with Crippen molar-refractivity contribution in [2.24, 2.45) is 21.7 Å². The van der Waals surface area contributed by atoms with Gasteiger partial charge >= 0.3 is 0 Å². The second kappa shape index (κ2) is 3.05. The lowest BCUT2D eigenvalue weighted by Crippen LogP contribution is -2.50. The summed E-state index contributed by atoms with van der Waals surface area (Å²) in [5.74, 6) is -0.937. The van der Waals surface area contributed by atoms with E-state index in [0.717, 1.165) is 0 Å². The van der Waals surface area contributed by atoms with Crippen molar-refractivity contribution in [3.63, 3.8) is 0 Å². The lowest BCUT2D eigenvalue weighted by Gasteiger charge is -2.39. The maximum Gasteiger partial charge on any atom is 0.206 e. The Bertz CT molecular complexity index is 484. The molecule has 16 heavy (non-hydrogen) atoms. The Morgan fingerprint density at radius 3 is 2.62 bits per heavy atom. The molecule has 2 rings (SSSR count). The quantitative estimate of drug-likeness (QED) is 0.733. The van der Waals surface area contributed by atoms with Gasteiger partial charge in [0.1, 0.15) is 10.5 Å². The van der Waals surface area contributed by atoms with Crippen LogP contribution in [0.4, 0.5) is 0 Å². The molecule has 6 heteroatoms. The molecule has 3 atom stereocenters. The van der Waals surface area contributed by atoms with Gasteiger partial charge in [-0.1, -0.05) is 13.8 Å². The second-order valence-electron chi connectivity index (χ2n) is 4.45. The monoisotopic (exact) mass is 280 g/mol. The molecule has 5 nitrogen and oxygen atoms in total. The number of nitrogens with zero attached hydrogens (tertiary/aromatic N) is 3. The van der Waals surface area contributed by atoms with E-state index in [2.05, 4.69) is 27.0 Å². The second-order valence-corrected chi connectivity index (χ2v) is 5.27. The summed E-state index contributed by atoms with van der Waals surface area (Å²) in [6.45, 7) is 3.60. The maximum atomic E-state index is 9.40. The molecule has 0 aromatic rings. The van der Waals surface area contributed by atoms with Crippen molar-refractivity contribution in [2.45, 2.75) is 20.1 Å². The van der Waals surface area contributed by atoms with E-state index in [9.17, 15) is 5.26 Å². The Balaban J connectivity index is 2.75. The molecule has 2 bridgehead atoms. The number of ether oxygens (including phenoxy) is 1. The summed E-state index contributed by atoms with van der Waals surface area (Å²) in [5.41, 5.74) is -1.91. The van der Waals surface area contributed by atoms with Gasteiger partial charge in [-0.05, 0) is 15.9 Å². The van der Waals surface area contributed by atoms with Gasteiger partial charge in [0.05, 0.1) is 17.6 Å². The molecule has 0 aliphatic carbocycles. The predicted octanol–water partition coefficient (Wildman–Crippen LogP) is 1.80. The smallest absolute Gasteiger partial charge is 0.206 e. The molecule has 2 aliphatic rings. The van der Waals surface area contributed by atoms with Crippen LogP contribution in [0, 0.1) is 44.8 Å². The Hall–Kier alpha value is -1.40. The summed E-state index contributed by atoms with van der Waals surface area (Å²) in [5, 5.41) is 26.4. The van der Waals surface area contributed by atoms with Crippen LogP contribution < -0.4 is 0 Å². The third kappa shape index (κ3) is 0.934. The van der Waals surface area contributed by atoms with Crippen LogP contribution >= 0.6 is 15.9 Å². The summed E-state index contributed by atoms with van der Waals surface area (Å²) in [6.07, 6.45) is -0.571. The van der Waals surface area contributed by atoms with E-state index in [0.29, 0.717) is 4.62 Å². The molecule has 82 valence electrons. The Morgan fingerprint density at radius 1 is 1.50 bits per heavy atom. The number of nitrogens with one attached hydrogen (secondary N) is 1. The summed E-state index contributed by atoms with van der Waals surface area (Å²) >= 11 is 3.19. The molecule has 2 heterocycles. The number of fused-ring (bicyclic) bond motifs is 2. The van der Waals surface area contributed by atoms with Crippen LogP contribution in [0.15, 0.2) is 4.99 Å². The van der Waals surface area contributed by atoms with Gasteiger partial charge in [-0.25, -0.2) is 4.99 Å². The van der Waals surface area contributed by atoms with E-state index >= 15 is 0 Å². The zero-order chi connectivity index (χ0) is 12.1. The zero-order valence-corrected chi connectivity index (χ0v) is 10.4. The van der Waals surface area contributed by atoms with Gasteiger partial charge in [-0.2, -0.15) is 10.5 Å². The van der Waals surface area contributed by atoms with E-state index in [1.165, 1.54) is 0 Å². The maximum absolute atomic E-state index is 9.40. The van der Waals surface area contributed by atoms with E-state index in [1.807, 2.05) is 6.07 Å². The van der Waals surface area contributed by atoms with Crippen LogP contribution in [-0.2, 0) is 4.74 Å². The molecule has 0 spiro atoms. The van der Waals surface area contributed by atoms with Crippen LogP contribution in [0.1, 0.15) is 13.8 Å². The van der Waals surface area contributed by atoms with Crippen molar-refractivity contribution in [1.29, 1.82) is 15.9 Å². The molecule has 1 unspecified atom stereocenters. The Morgan fingerprint density at radius 2 is 2.12 bits per heavy atom. The van der Waals surface area contributed by atoms with Gasteiger partial charge in [-0.3, -0.25) is 5.41 Å². The molecular formula is C10H9BrN4O. The highest BCUT2D eigenvalue weighted by Gasteiger charge is 2.69. The van der Waals surface area contributed by atoms with Crippen LogP contribution in [0.3, 0.4) is 0 Å². The molecule has 2 aliphatic heterocycles. The average Bonchev–Trinajstić information content (AvgIpc) is 2.33. The lowest BCUT2D eigenvalue weighted by atomic mass is 9.59. The van der Waals surface area contributed by atoms with Crippen molar-refractivity contribution >= 4 is 26.4 Å². The number of rotatable bonds is 0. The lowest BCUT2D eigenvalue weighted by molar-refractivity contribution is 0.0803. The normalized spacial score (nSPS) is 39.3. The summed E-state index contributed by atoms with van der Waals surface area (Å²) in [4.78, 5) is 4.19. The first-order chi connectivity index (χ1) is 7.41. The van der Waals surface area contributed by atoms with Crippen LogP contribution in [-0.4, -0.2) is 16.7 Å². The zero-order valence-electron chi connectivity index (χ0n) is 8.78. The fraction of sp³-hybridized carbons (Fsp3) is 0.600. The third-order valence-electron chi connectivity index (χ3n) is 3.44. The van der Waals surface area contributed by atoms with Crippen molar-refractivity contribution in [2.75, 3.05) is 0 Å². The molecule has 1 saturated heterocycles. The van der Waals surface area contributed by atoms with E-state index < -0.39 is 23.0 Å². The van der Waals surface area contributed by atoms with Crippen molar-refractivity contribution in [3.8, 4) is 12.1 Å². The first kappa shape index (κ1) is 11.1. The summed E-state index contributed by atoms with van der Waals surface area (Å²) in [7, 11) is 0.